The van der Waals surface area contributed by atoms with Crippen molar-refractivity contribution >= 4 is 33.9 Å². The molecule has 0 aliphatic heterocycles. The lowest BCUT2D eigenvalue weighted by Gasteiger charge is -2.32. The van der Waals surface area contributed by atoms with E-state index in [4.69, 9.17) is 5.11 Å². The summed E-state index contributed by atoms with van der Waals surface area (Å²) in [6.45, 7) is 3.21. The molecular formula is C28H51NO10S. The number of carbonyl (C=O) groups excluding carboxylic acids is 1. The molecule has 40 heavy (non-hydrogen) atoms. The highest BCUT2D eigenvalue weighted by molar-refractivity contribution is 7.88. The highest BCUT2D eigenvalue weighted by Crippen LogP contribution is 2.28. The van der Waals surface area contributed by atoms with E-state index in [-0.39, 0.29) is 6.54 Å². The third-order valence-corrected chi connectivity index (χ3v) is 9.09. The summed E-state index contributed by atoms with van der Waals surface area (Å²) in [5, 5.41) is 28.2. The van der Waals surface area contributed by atoms with Crippen molar-refractivity contribution in [1.29, 1.82) is 0 Å². The molecule has 0 saturated carbocycles. The van der Waals surface area contributed by atoms with Crippen molar-refractivity contribution < 1.29 is 47.5 Å². The molecule has 1 amide bonds. The van der Waals surface area contributed by atoms with Crippen molar-refractivity contribution in [2.24, 2.45) is 0 Å². The summed E-state index contributed by atoms with van der Waals surface area (Å²) in [4.78, 5) is 48.5. The molecular weight excluding hydrogens is 542 g/mol. The number of carboxylic acids is 3. The highest BCUT2D eigenvalue weighted by atomic mass is 32.2. The van der Waals surface area contributed by atoms with Gasteiger partial charge in [-0.3, -0.25) is 18.9 Å². The zero-order valence-corrected chi connectivity index (χ0v) is 25.1. The van der Waals surface area contributed by atoms with Gasteiger partial charge in [0.2, 0.25) is 10.7 Å². The van der Waals surface area contributed by atoms with Gasteiger partial charge in [-0.15, -0.1) is 0 Å². The fraction of sp³-hybridized carbons (Fsp3) is 0.857. The van der Waals surface area contributed by atoms with Crippen LogP contribution in [0.3, 0.4) is 0 Å². The van der Waals surface area contributed by atoms with Crippen LogP contribution in [0.2, 0.25) is 0 Å². The molecule has 12 heteroatoms. The van der Waals surface area contributed by atoms with E-state index in [0.717, 1.165) is 30.6 Å². The summed E-state index contributed by atoms with van der Waals surface area (Å²) in [5.74, 6) is -6.18. The molecule has 4 N–H and O–H groups in total. The Kier molecular flexibility index (Phi) is 19.5. The van der Waals surface area contributed by atoms with Gasteiger partial charge in [-0.2, -0.15) is 8.42 Å². The van der Waals surface area contributed by atoms with E-state index >= 15 is 0 Å². The molecule has 0 heterocycles. The molecule has 0 rings (SSSR count). The van der Waals surface area contributed by atoms with Gasteiger partial charge in [-0.05, 0) is 12.8 Å². The molecule has 2 atom stereocenters. The minimum atomic E-state index is -5.24. The highest BCUT2D eigenvalue weighted by Gasteiger charge is 2.52. The number of nitrogens with zero attached hydrogens (tertiary/aromatic N) is 1. The van der Waals surface area contributed by atoms with E-state index in [0.29, 0.717) is 12.8 Å². The largest absolute Gasteiger partial charge is 0.481 e. The molecule has 0 aromatic rings. The minimum Gasteiger partial charge on any atom is -0.481 e. The van der Waals surface area contributed by atoms with Gasteiger partial charge >= 0.3 is 17.9 Å². The van der Waals surface area contributed by atoms with Gasteiger partial charge in [0.25, 0.3) is 10.1 Å². The summed E-state index contributed by atoms with van der Waals surface area (Å²) in [7, 11) is -5.24. The van der Waals surface area contributed by atoms with Gasteiger partial charge < -0.3 is 20.2 Å². The summed E-state index contributed by atoms with van der Waals surface area (Å²) < 4.78 is 30.5. The molecule has 0 spiro atoms. The Morgan fingerprint density at radius 1 is 0.700 bits per heavy atom. The SMILES string of the molecule is CCCCCCCCCCCCCCCCCCN(C(=O)CC(CC)(C(=O)O)S(=O)(=O)O)C(CC(=O)O)C(=O)O. The van der Waals surface area contributed by atoms with Crippen LogP contribution < -0.4 is 0 Å². The van der Waals surface area contributed by atoms with Crippen molar-refractivity contribution in [1.82, 2.24) is 4.90 Å². The summed E-state index contributed by atoms with van der Waals surface area (Å²) in [5.41, 5.74) is 0. The number of hydrogen-bond acceptors (Lipinski definition) is 6. The molecule has 234 valence electrons. The van der Waals surface area contributed by atoms with Crippen LogP contribution in [0.4, 0.5) is 0 Å². The second-order valence-corrected chi connectivity index (χ2v) is 12.4. The lowest BCUT2D eigenvalue weighted by Crippen LogP contribution is -2.53. The molecule has 0 saturated heterocycles. The van der Waals surface area contributed by atoms with E-state index in [1.165, 1.54) is 71.1 Å². The Morgan fingerprint density at radius 2 is 1.10 bits per heavy atom. The zero-order chi connectivity index (χ0) is 30.6. The lowest BCUT2D eigenvalue weighted by molar-refractivity contribution is -0.155. The van der Waals surface area contributed by atoms with Crippen molar-refractivity contribution in [3.63, 3.8) is 0 Å². The number of rotatable bonds is 26. The predicted molar refractivity (Wildman–Crippen MR) is 152 cm³/mol. The van der Waals surface area contributed by atoms with Gasteiger partial charge in [-0.25, -0.2) is 4.79 Å². The van der Waals surface area contributed by atoms with Crippen LogP contribution in [0.5, 0.6) is 0 Å². The molecule has 11 nitrogen and oxygen atoms in total. The number of amides is 1. The molecule has 0 aromatic heterocycles. The van der Waals surface area contributed by atoms with Crippen LogP contribution in [0.1, 0.15) is 136 Å². The lowest BCUT2D eigenvalue weighted by atomic mass is 9.99. The third-order valence-electron chi connectivity index (χ3n) is 7.49. The maximum atomic E-state index is 13.0. The van der Waals surface area contributed by atoms with Gasteiger partial charge in [0.15, 0.2) is 0 Å². The van der Waals surface area contributed by atoms with Gasteiger partial charge in [0, 0.05) is 6.54 Å². The number of unbranched alkanes of at least 4 members (excludes halogenated alkanes) is 15. The molecule has 0 aliphatic carbocycles. The zero-order valence-electron chi connectivity index (χ0n) is 24.3. The first-order valence-electron chi connectivity index (χ1n) is 14.8. The van der Waals surface area contributed by atoms with Crippen LogP contribution >= 0.6 is 0 Å². The van der Waals surface area contributed by atoms with Crippen molar-refractivity contribution in [2.75, 3.05) is 6.54 Å². The Labute approximate surface area is 239 Å². The molecule has 0 fully saturated rings. The van der Waals surface area contributed by atoms with Crippen LogP contribution in [0.25, 0.3) is 0 Å². The maximum Gasteiger partial charge on any atom is 0.328 e. The molecule has 0 aromatic carbocycles. The van der Waals surface area contributed by atoms with Crippen molar-refractivity contribution in [2.45, 2.75) is 147 Å². The van der Waals surface area contributed by atoms with Crippen LogP contribution in [0, 0.1) is 0 Å². The Balaban J connectivity index is 4.73. The number of aliphatic carboxylic acids is 3. The van der Waals surface area contributed by atoms with Crippen LogP contribution in [0.15, 0.2) is 0 Å². The van der Waals surface area contributed by atoms with Gasteiger partial charge in [0.1, 0.15) is 6.04 Å². The second kappa shape index (κ2) is 20.6. The third kappa shape index (κ3) is 14.4. The average Bonchev–Trinajstić information content (AvgIpc) is 2.86. The monoisotopic (exact) mass is 593 g/mol. The Morgan fingerprint density at radius 3 is 1.40 bits per heavy atom. The summed E-state index contributed by atoms with van der Waals surface area (Å²) in [6.07, 6.45) is 15.0. The van der Waals surface area contributed by atoms with Gasteiger partial charge in [0.05, 0.1) is 12.8 Å². The van der Waals surface area contributed by atoms with Gasteiger partial charge in [-0.1, -0.05) is 110 Å². The average molecular weight is 594 g/mol. The smallest absolute Gasteiger partial charge is 0.328 e. The quantitative estimate of drug-likeness (QED) is 0.0735. The molecule has 0 bridgehead atoms. The molecule has 0 radical (unpaired) electrons. The fourth-order valence-corrected chi connectivity index (χ4v) is 5.75. The summed E-state index contributed by atoms with van der Waals surface area (Å²) in [6, 6.07) is -1.80. The molecule has 0 aliphatic rings. The number of hydrogen-bond donors (Lipinski definition) is 4. The number of carbonyl (C=O) groups is 4. The van der Waals surface area contributed by atoms with E-state index in [2.05, 4.69) is 6.92 Å². The van der Waals surface area contributed by atoms with Crippen molar-refractivity contribution in [3.8, 4) is 0 Å². The van der Waals surface area contributed by atoms with E-state index in [1.807, 2.05) is 0 Å². The Hall–Kier alpha value is -2.21. The van der Waals surface area contributed by atoms with E-state index < -0.39 is 64.0 Å². The summed E-state index contributed by atoms with van der Waals surface area (Å²) >= 11 is 0. The normalized spacial score (nSPS) is 13.9. The second-order valence-electron chi connectivity index (χ2n) is 10.6. The van der Waals surface area contributed by atoms with Crippen LogP contribution in [-0.4, -0.2) is 74.3 Å². The molecule has 2 unspecified atom stereocenters. The Bertz CT molecular complexity index is 876. The maximum absolute atomic E-state index is 13.0. The fourth-order valence-electron chi connectivity index (χ4n) is 4.86. The first-order chi connectivity index (χ1) is 18.8. The minimum absolute atomic E-state index is 0.174. The predicted octanol–water partition coefficient (Wildman–Crippen LogP) is 5.52. The first kappa shape index (κ1) is 37.8. The number of carboxylic acid groups (broad SMARTS) is 3. The standard InChI is InChI=1S/C28H51NO10S/c1-3-5-6-7-8-9-10-11-12-13-14-15-16-17-18-19-20-29(23(26(33)34)21-25(31)32)24(30)22-28(4-2,27(35)36)40(37,38)39/h23H,3-22H2,1-2H3,(H,31,32)(H,33,34)(H,35,36)(H,37,38,39). The van der Waals surface area contributed by atoms with Crippen LogP contribution in [-0.2, 0) is 29.3 Å². The van der Waals surface area contributed by atoms with Crippen molar-refractivity contribution in [3.05, 3.63) is 0 Å². The topological polar surface area (TPSA) is 187 Å². The van der Waals surface area contributed by atoms with E-state index in [9.17, 15) is 42.4 Å². The van der Waals surface area contributed by atoms with E-state index in [1.54, 1.807) is 0 Å². The first-order valence-corrected chi connectivity index (χ1v) is 16.2.